The Morgan fingerprint density at radius 2 is 1.94 bits per heavy atom. The predicted molar refractivity (Wildman–Crippen MR) is 75.5 cm³/mol. The third-order valence-electron chi connectivity index (χ3n) is 2.53. The van der Waals surface area contributed by atoms with Crippen molar-refractivity contribution in [1.82, 2.24) is 4.31 Å². The zero-order chi connectivity index (χ0) is 13.6. The molecule has 0 aromatic heterocycles. The summed E-state index contributed by atoms with van der Waals surface area (Å²) in [4.78, 5) is 0. The van der Waals surface area contributed by atoms with Crippen LogP contribution in [-0.4, -0.2) is 25.8 Å². The third-order valence-corrected chi connectivity index (χ3v) is 4.34. The third kappa shape index (κ3) is 4.16. The monoisotopic (exact) mass is 268 g/mol. The van der Waals surface area contributed by atoms with Gasteiger partial charge in [-0.05, 0) is 24.1 Å². The number of rotatable bonds is 7. The average Bonchev–Trinajstić information content (AvgIpc) is 2.32. The minimum atomic E-state index is -3.29. The summed E-state index contributed by atoms with van der Waals surface area (Å²) in [5.41, 5.74) is 6.95. The zero-order valence-electron chi connectivity index (χ0n) is 10.7. The van der Waals surface area contributed by atoms with Crippen molar-refractivity contribution < 1.29 is 8.42 Å². The Morgan fingerprint density at radius 1 is 1.33 bits per heavy atom. The molecule has 1 rings (SSSR count). The molecule has 2 N–H and O–H groups in total. The Hall–Kier alpha value is -1.33. The molecule has 4 nitrogen and oxygen atoms in total. The second-order valence-corrected chi connectivity index (χ2v) is 6.11. The highest BCUT2D eigenvalue weighted by molar-refractivity contribution is 7.88. The molecule has 0 bridgehead atoms. The maximum Gasteiger partial charge on any atom is 0.218 e. The molecule has 0 atom stereocenters. The number of benzene rings is 1. The first kappa shape index (κ1) is 14.7. The molecule has 18 heavy (non-hydrogen) atoms. The summed E-state index contributed by atoms with van der Waals surface area (Å²) < 4.78 is 25.9. The molecule has 0 fully saturated rings. The highest BCUT2D eigenvalue weighted by Crippen LogP contribution is 2.13. The van der Waals surface area contributed by atoms with E-state index in [-0.39, 0.29) is 5.75 Å². The Morgan fingerprint density at radius 3 is 2.44 bits per heavy atom. The fourth-order valence-electron chi connectivity index (χ4n) is 1.65. The molecule has 0 amide bonds. The first-order chi connectivity index (χ1) is 8.49. The lowest BCUT2D eigenvalue weighted by Crippen LogP contribution is -2.33. The molecule has 0 saturated heterocycles. The lowest BCUT2D eigenvalue weighted by Gasteiger charge is -2.20. The SMILES string of the molecule is C=CCN(CCC)S(=O)(=O)Cc1ccc(N)cc1. The van der Waals surface area contributed by atoms with Gasteiger partial charge in [-0.25, -0.2) is 8.42 Å². The maximum atomic E-state index is 12.2. The van der Waals surface area contributed by atoms with E-state index in [9.17, 15) is 8.42 Å². The van der Waals surface area contributed by atoms with E-state index >= 15 is 0 Å². The summed E-state index contributed by atoms with van der Waals surface area (Å²) in [5.74, 6) is 0.00111. The summed E-state index contributed by atoms with van der Waals surface area (Å²) in [5, 5.41) is 0. The first-order valence-corrected chi connectivity index (χ1v) is 7.53. The van der Waals surface area contributed by atoms with Crippen molar-refractivity contribution in [2.45, 2.75) is 19.1 Å². The zero-order valence-corrected chi connectivity index (χ0v) is 11.5. The second-order valence-electron chi connectivity index (χ2n) is 4.14. The van der Waals surface area contributed by atoms with Crippen LogP contribution < -0.4 is 5.73 Å². The summed E-state index contributed by atoms with van der Waals surface area (Å²) in [6.07, 6.45) is 2.39. The Bertz CT molecular complexity index is 480. The minimum Gasteiger partial charge on any atom is -0.399 e. The van der Waals surface area contributed by atoms with Crippen molar-refractivity contribution in [1.29, 1.82) is 0 Å². The number of nitrogens with two attached hydrogens (primary N) is 1. The van der Waals surface area contributed by atoms with E-state index in [4.69, 9.17) is 5.73 Å². The van der Waals surface area contributed by atoms with E-state index < -0.39 is 10.0 Å². The van der Waals surface area contributed by atoms with Gasteiger partial charge >= 0.3 is 0 Å². The van der Waals surface area contributed by atoms with Crippen molar-refractivity contribution >= 4 is 15.7 Å². The van der Waals surface area contributed by atoms with Gasteiger partial charge in [-0.15, -0.1) is 6.58 Å². The van der Waals surface area contributed by atoms with E-state index in [0.717, 1.165) is 12.0 Å². The van der Waals surface area contributed by atoms with Gasteiger partial charge in [-0.2, -0.15) is 4.31 Å². The number of sulfonamides is 1. The van der Waals surface area contributed by atoms with Crippen LogP contribution in [-0.2, 0) is 15.8 Å². The molecule has 0 aliphatic carbocycles. The Balaban J connectivity index is 2.84. The van der Waals surface area contributed by atoms with Gasteiger partial charge in [0.2, 0.25) is 10.0 Å². The molecule has 0 radical (unpaired) electrons. The predicted octanol–water partition coefficient (Wildman–Crippen LogP) is 2.00. The van der Waals surface area contributed by atoms with Crippen molar-refractivity contribution in [3.05, 3.63) is 42.5 Å². The number of anilines is 1. The van der Waals surface area contributed by atoms with E-state index in [1.54, 1.807) is 30.3 Å². The smallest absolute Gasteiger partial charge is 0.218 e. The number of nitrogen functional groups attached to an aromatic ring is 1. The molecule has 0 saturated carbocycles. The molecule has 1 aromatic carbocycles. The van der Waals surface area contributed by atoms with Gasteiger partial charge in [0.15, 0.2) is 0 Å². The molecular weight excluding hydrogens is 248 g/mol. The van der Waals surface area contributed by atoms with Crippen LogP contribution in [0.15, 0.2) is 36.9 Å². The highest BCUT2D eigenvalue weighted by Gasteiger charge is 2.20. The number of hydrogen-bond acceptors (Lipinski definition) is 3. The van der Waals surface area contributed by atoms with Crippen molar-refractivity contribution in [3.63, 3.8) is 0 Å². The molecule has 5 heteroatoms. The van der Waals surface area contributed by atoms with Gasteiger partial charge in [-0.1, -0.05) is 25.1 Å². The molecular formula is C13H20N2O2S. The van der Waals surface area contributed by atoms with Crippen LogP contribution in [0, 0.1) is 0 Å². The molecule has 0 aliphatic heterocycles. The molecule has 0 aliphatic rings. The molecule has 0 spiro atoms. The van der Waals surface area contributed by atoms with E-state index in [1.165, 1.54) is 4.31 Å². The molecule has 0 unspecified atom stereocenters. The largest absolute Gasteiger partial charge is 0.399 e. The van der Waals surface area contributed by atoms with Gasteiger partial charge in [-0.3, -0.25) is 0 Å². The van der Waals surface area contributed by atoms with Crippen LogP contribution in [0.5, 0.6) is 0 Å². The number of nitrogens with zero attached hydrogens (tertiary/aromatic N) is 1. The van der Waals surface area contributed by atoms with E-state index in [0.29, 0.717) is 18.8 Å². The van der Waals surface area contributed by atoms with Crippen LogP contribution in [0.1, 0.15) is 18.9 Å². The van der Waals surface area contributed by atoms with Crippen molar-refractivity contribution in [3.8, 4) is 0 Å². The second kappa shape index (κ2) is 6.56. The summed E-state index contributed by atoms with van der Waals surface area (Å²) >= 11 is 0. The lowest BCUT2D eigenvalue weighted by atomic mass is 10.2. The summed E-state index contributed by atoms with van der Waals surface area (Å²) in [7, 11) is -3.29. The van der Waals surface area contributed by atoms with E-state index in [2.05, 4.69) is 6.58 Å². The van der Waals surface area contributed by atoms with Gasteiger partial charge in [0.05, 0.1) is 5.75 Å². The molecule has 1 aromatic rings. The van der Waals surface area contributed by atoms with Crippen LogP contribution in [0.3, 0.4) is 0 Å². The fourth-order valence-corrected chi connectivity index (χ4v) is 3.24. The van der Waals surface area contributed by atoms with Gasteiger partial charge in [0, 0.05) is 18.8 Å². The standard InChI is InChI=1S/C13H20N2O2S/c1-3-9-15(10-4-2)18(16,17)11-12-5-7-13(14)8-6-12/h3,5-8H,1,4,9-11,14H2,2H3. The molecule has 100 valence electrons. The van der Waals surface area contributed by atoms with Crippen LogP contribution in [0.4, 0.5) is 5.69 Å². The minimum absolute atomic E-state index is 0.00111. The van der Waals surface area contributed by atoms with Crippen LogP contribution in [0.2, 0.25) is 0 Å². The highest BCUT2D eigenvalue weighted by atomic mass is 32.2. The normalized spacial score (nSPS) is 11.7. The number of hydrogen-bond donors (Lipinski definition) is 1. The lowest BCUT2D eigenvalue weighted by molar-refractivity contribution is 0.441. The average molecular weight is 268 g/mol. The van der Waals surface area contributed by atoms with Crippen LogP contribution in [0.25, 0.3) is 0 Å². The van der Waals surface area contributed by atoms with Crippen molar-refractivity contribution in [2.24, 2.45) is 0 Å². The van der Waals surface area contributed by atoms with Gasteiger partial charge in [0.25, 0.3) is 0 Å². The van der Waals surface area contributed by atoms with E-state index in [1.807, 2.05) is 6.92 Å². The summed E-state index contributed by atoms with van der Waals surface area (Å²) in [6.45, 7) is 6.41. The van der Waals surface area contributed by atoms with Gasteiger partial charge in [0.1, 0.15) is 0 Å². The van der Waals surface area contributed by atoms with Crippen molar-refractivity contribution in [2.75, 3.05) is 18.8 Å². The topological polar surface area (TPSA) is 63.4 Å². The Labute approximate surface area is 109 Å². The maximum absolute atomic E-state index is 12.2. The summed E-state index contributed by atoms with van der Waals surface area (Å²) in [6, 6.07) is 6.90. The fraction of sp³-hybridized carbons (Fsp3) is 0.385. The molecule has 0 heterocycles. The quantitative estimate of drug-likeness (QED) is 0.607. The Kier molecular flexibility index (Phi) is 5.37. The van der Waals surface area contributed by atoms with Gasteiger partial charge < -0.3 is 5.73 Å². The van der Waals surface area contributed by atoms with Crippen LogP contribution >= 0.6 is 0 Å². The first-order valence-electron chi connectivity index (χ1n) is 5.92.